The van der Waals surface area contributed by atoms with Crippen LogP contribution < -0.4 is 0 Å². The van der Waals surface area contributed by atoms with Crippen molar-refractivity contribution in [2.75, 3.05) is 46.4 Å². The molecule has 0 unspecified atom stereocenters. The van der Waals surface area contributed by atoms with Crippen LogP contribution in [0.1, 0.15) is 31.2 Å². The number of rotatable bonds is 5. The summed E-state index contributed by atoms with van der Waals surface area (Å²) in [6.45, 7) is 4.58. The van der Waals surface area contributed by atoms with Crippen molar-refractivity contribution in [2.45, 2.75) is 37.9 Å². The van der Waals surface area contributed by atoms with Gasteiger partial charge in [0, 0.05) is 32.7 Å². The number of carbonyl (C=O) groups excluding carboxylic acids is 2. The quantitative estimate of drug-likeness (QED) is 0.705. The third-order valence-electron chi connectivity index (χ3n) is 6.74. The molecule has 7 heteroatoms. The van der Waals surface area contributed by atoms with Gasteiger partial charge in [0.1, 0.15) is 6.61 Å². The molecule has 0 atom stereocenters. The monoisotopic (exact) mass is 402 g/mol. The number of ether oxygens (including phenoxy) is 3. The molecule has 5 rings (SSSR count). The molecule has 4 fully saturated rings. The van der Waals surface area contributed by atoms with Gasteiger partial charge in [-0.2, -0.15) is 0 Å². The van der Waals surface area contributed by atoms with Crippen molar-refractivity contribution in [1.82, 2.24) is 9.80 Å². The number of methoxy groups -OCH3 is 1. The first-order valence-corrected chi connectivity index (χ1v) is 10.4. The van der Waals surface area contributed by atoms with Crippen LogP contribution in [0.5, 0.6) is 0 Å². The van der Waals surface area contributed by atoms with Gasteiger partial charge >= 0.3 is 12.1 Å². The lowest BCUT2D eigenvalue weighted by Gasteiger charge is -2.53. The maximum Gasteiger partial charge on any atom is 0.410 e. The van der Waals surface area contributed by atoms with Gasteiger partial charge in [-0.3, -0.25) is 9.69 Å². The molecule has 158 valence electrons. The smallest absolute Gasteiger partial charge is 0.410 e. The Kier molecular flexibility index (Phi) is 5.79. The highest BCUT2D eigenvalue weighted by molar-refractivity contribution is 5.77. The molecular formula is C22H30N2O5. The molecule has 4 aliphatic rings. The van der Waals surface area contributed by atoms with E-state index in [9.17, 15) is 9.59 Å². The largest absolute Gasteiger partial charge is 0.469 e. The van der Waals surface area contributed by atoms with Gasteiger partial charge in [0.05, 0.1) is 24.7 Å². The Hall–Kier alpha value is -2.12. The molecule has 7 nitrogen and oxygen atoms in total. The molecule has 2 bridgehead atoms. The maximum atomic E-state index is 12.3. The molecule has 1 aliphatic carbocycles. The zero-order valence-electron chi connectivity index (χ0n) is 17.1. The average Bonchev–Trinajstić information content (AvgIpc) is 2.79. The second-order valence-corrected chi connectivity index (χ2v) is 8.55. The van der Waals surface area contributed by atoms with Gasteiger partial charge in [-0.1, -0.05) is 30.3 Å². The van der Waals surface area contributed by atoms with Crippen LogP contribution in [0.3, 0.4) is 0 Å². The lowest BCUT2D eigenvalue weighted by atomic mass is 9.66. The fourth-order valence-electron chi connectivity index (χ4n) is 4.75. The van der Waals surface area contributed by atoms with Crippen molar-refractivity contribution in [1.29, 1.82) is 0 Å². The van der Waals surface area contributed by atoms with Gasteiger partial charge in [0.25, 0.3) is 0 Å². The number of benzene rings is 1. The lowest BCUT2D eigenvalue weighted by molar-refractivity contribution is -0.208. The molecule has 3 heterocycles. The van der Waals surface area contributed by atoms with Crippen molar-refractivity contribution in [2.24, 2.45) is 5.41 Å². The number of amides is 1. The van der Waals surface area contributed by atoms with Crippen molar-refractivity contribution in [3.63, 3.8) is 0 Å². The first-order chi connectivity index (χ1) is 14.0. The Bertz CT molecular complexity index is 705. The van der Waals surface area contributed by atoms with Crippen molar-refractivity contribution < 1.29 is 23.8 Å². The molecule has 0 aromatic heterocycles. The van der Waals surface area contributed by atoms with E-state index in [1.807, 2.05) is 30.3 Å². The first kappa shape index (κ1) is 20.2. The minimum Gasteiger partial charge on any atom is -0.469 e. The van der Waals surface area contributed by atoms with E-state index in [1.165, 1.54) is 7.11 Å². The van der Waals surface area contributed by atoms with E-state index in [-0.39, 0.29) is 17.7 Å². The molecule has 1 aromatic rings. The third-order valence-corrected chi connectivity index (χ3v) is 6.74. The first-order valence-electron chi connectivity index (χ1n) is 10.4. The Morgan fingerprint density at radius 1 is 1.03 bits per heavy atom. The minimum absolute atomic E-state index is 0.131. The summed E-state index contributed by atoms with van der Waals surface area (Å²) in [7, 11) is 1.46. The predicted octanol–water partition coefficient (Wildman–Crippen LogP) is 2.44. The van der Waals surface area contributed by atoms with Crippen LogP contribution in [0.4, 0.5) is 4.79 Å². The summed E-state index contributed by atoms with van der Waals surface area (Å²) in [4.78, 5) is 28.6. The molecule has 0 radical (unpaired) electrons. The van der Waals surface area contributed by atoms with Crippen LogP contribution in [0.25, 0.3) is 0 Å². The van der Waals surface area contributed by atoms with Crippen molar-refractivity contribution in [3.05, 3.63) is 35.9 Å². The molecule has 29 heavy (non-hydrogen) atoms. The summed E-state index contributed by atoms with van der Waals surface area (Å²) in [6.07, 6.45) is 3.21. The molecular weight excluding hydrogens is 372 g/mol. The number of hydrogen-bond donors (Lipinski definition) is 0. The van der Waals surface area contributed by atoms with Gasteiger partial charge in [-0.05, 0) is 31.2 Å². The van der Waals surface area contributed by atoms with Crippen LogP contribution in [0, 0.1) is 5.41 Å². The average molecular weight is 402 g/mol. The zero-order valence-corrected chi connectivity index (χ0v) is 17.1. The van der Waals surface area contributed by atoms with Crippen LogP contribution in [-0.2, 0) is 25.6 Å². The van der Waals surface area contributed by atoms with Crippen molar-refractivity contribution >= 4 is 12.1 Å². The molecule has 0 N–H and O–H groups in total. The molecule has 0 spiro atoms. The summed E-state index contributed by atoms with van der Waals surface area (Å²) in [5.41, 5.74) is 0.400. The third kappa shape index (κ3) is 4.26. The molecule has 3 saturated heterocycles. The number of esters is 1. The highest BCUT2D eigenvalue weighted by atomic mass is 16.6. The Balaban J connectivity index is 1.22. The summed E-state index contributed by atoms with van der Waals surface area (Å²) >= 11 is 0. The summed E-state index contributed by atoms with van der Waals surface area (Å²) in [6, 6.07) is 9.73. The Morgan fingerprint density at radius 3 is 2.31 bits per heavy atom. The van der Waals surface area contributed by atoms with Crippen LogP contribution >= 0.6 is 0 Å². The molecule has 1 aromatic carbocycles. The van der Waals surface area contributed by atoms with Gasteiger partial charge in [0.15, 0.2) is 0 Å². The minimum atomic E-state index is -0.433. The lowest BCUT2D eigenvalue weighted by Crippen LogP contribution is -2.60. The maximum absolute atomic E-state index is 12.3. The van der Waals surface area contributed by atoms with E-state index in [4.69, 9.17) is 14.2 Å². The van der Waals surface area contributed by atoms with E-state index in [2.05, 4.69) is 4.90 Å². The summed E-state index contributed by atoms with van der Waals surface area (Å²) in [5, 5.41) is 0. The Labute approximate surface area is 171 Å². The molecule has 1 amide bonds. The van der Waals surface area contributed by atoms with Gasteiger partial charge in [-0.25, -0.2) is 4.79 Å². The zero-order chi connectivity index (χ0) is 20.3. The highest BCUT2D eigenvalue weighted by Gasteiger charge is 2.54. The number of fused-ring (bicyclic) bond motifs is 3. The molecule has 1 saturated carbocycles. The second kappa shape index (κ2) is 8.32. The van der Waals surface area contributed by atoms with E-state index < -0.39 is 5.41 Å². The topological polar surface area (TPSA) is 68.3 Å². The van der Waals surface area contributed by atoms with Crippen LogP contribution in [0.15, 0.2) is 30.3 Å². The van der Waals surface area contributed by atoms with Gasteiger partial charge < -0.3 is 19.1 Å². The van der Waals surface area contributed by atoms with E-state index in [0.717, 1.165) is 50.9 Å². The van der Waals surface area contributed by atoms with E-state index in [0.29, 0.717) is 26.3 Å². The number of carbonyl (C=O) groups is 2. The van der Waals surface area contributed by atoms with Gasteiger partial charge in [0.2, 0.25) is 0 Å². The van der Waals surface area contributed by atoms with Crippen LogP contribution in [-0.4, -0.2) is 73.9 Å². The summed E-state index contributed by atoms with van der Waals surface area (Å²) < 4.78 is 16.6. The number of nitrogens with zero attached hydrogens (tertiary/aromatic N) is 2. The van der Waals surface area contributed by atoms with Crippen LogP contribution in [0.2, 0.25) is 0 Å². The number of piperazine rings is 1. The fraction of sp³-hybridized carbons (Fsp3) is 0.636. The molecule has 3 aliphatic heterocycles. The van der Waals surface area contributed by atoms with Gasteiger partial charge in [-0.15, -0.1) is 0 Å². The predicted molar refractivity (Wildman–Crippen MR) is 106 cm³/mol. The van der Waals surface area contributed by atoms with E-state index >= 15 is 0 Å². The second-order valence-electron chi connectivity index (χ2n) is 8.55. The normalized spacial score (nSPS) is 29.5. The highest BCUT2D eigenvalue weighted by Crippen LogP contribution is 2.49. The number of hydrogen-bond acceptors (Lipinski definition) is 6. The van der Waals surface area contributed by atoms with E-state index in [1.54, 1.807) is 4.90 Å². The SMILES string of the molecule is COC(=O)C12CCC(CN3CCN(C(=O)OCc4ccccc4)CC3)(CC1)OC2. The fourth-order valence-corrected chi connectivity index (χ4v) is 4.75. The standard InChI is InChI=1S/C22H30N2O5/c1-27-19(25)21-7-9-22(10-8-21,29-17-21)16-23-11-13-24(14-12-23)20(26)28-15-18-5-3-2-4-6-18/h2-6H,7-17H2,1H3. The Morgan fingerprint density at radius 2 is 1.72 bits per heavy atom. The van der Waals surface area contributed by atoms with Crippen molar-refractivity contribution in [3.8, 4) is 0 Å². The summed E-state index contributed by atoms with van der Waals surface area (Å²) in [5.74, 6) is -0.131.